The van der Waals surface area contributed by atoms with Crippen molar-refractivity contribution in [2.24, 2.45) is 11.8 Å². The van der Waals surface area contributed by atoms with Gasteiger partial charge in [-0.15, -0.1) is 0 Å². The van der Waals surface area contributed by atoms with Gasteiger partial charge in [0.1, 0.15) is 0 Å². The third-order valence-electron chi connectivity index (χ3n) is 6.43. The van der Waals surface area contributed by atoms with Gasteiger partial charge in [-0.1, -0.05) is 18.2 Å². The van der Waals surface area contributed by atoms with Crippen molar-refractivity contribution in [2.75, 3.05) is 13.4 Å². The minimum atomic E-state index is -0.468. The third kappa shape index (κ3) is 3.32. The average molecular weight is 423 g/mol. The number of amides is 1. The lowest BCUT2D eigenvalue weighted by Crippen LogP contribution is -2.43. The van der Waals surface area contributed by atoms with Gasteiger partial charge < -0.3 is 29.8 Å². The average Bonchev–Trinajstić information content (AvgIpc) is 3.36. The van der Waals surface area contributed by atoms with E-state index < -0.39 is 5.92 Å². The second kappa shape index (κ2) is 7.86. The van der Waals surface area contributed by atoms with Crippen molar-refractivity contribution in [1.82, 2.24) is 15.2 Å². The molecule has 2 aromatic rings. The van der Waals surface area contributed by atoms with Gasteiger partial charge in [-0.3, -0.25) is 9.59 Å². The van der Waals surface area contributed by atoms with Crippen LogP contribution in [0.2, 0.25) is 0 Å². The topological polar surface area (TPSA) is 102 Å². The highest BCUT2D eigenvalue weighted by molar-refractivity contribution is 5.80. The molecule has 1 saturated heterocycles. The van der Waals surface area contributed by atoms with E-state index in [0.29, 0.717) is 30.2 Å². The van der Waals surface area contributed by atoms with E-state index in [9.17, 15) is 14.7 Å². The van der Waals surface area contributed by atoms with E-state index in [2.05, 4.69) is 10.6 Å². The van der Waals surface area contributed by atoms with Crippen molar-refractivity contribution in [3.05, 3.63) is 63.6 Å². The second-order valence-electron chi connectivity index (χ2n) is 8.16. The van der Waals surface area contributed by atoms with Gasteiger partial charge >= 0.3 is 0 Å². The molecule has 4 atom stereocenters. The van der Waals surface area contributed by atoms with Crippen LogP contribution in [-0.2, 0) is 17.9 Å². The highest BCUT2D eigenvalue weighted by Gasteiger charge is 2.50. The Morgan fingerprint density at radius 2 is 2.13 bits per heavy atom. The monoisotopic (exact) mass is 423 g/mol. The predicted molar refractivity (Wildman–Crippen MR) is 114 cm³/mol. The number of hydrogen-bond acceptors (Lipinski definition) is 6. The maximum absolute atomic E-state index is 13.2. The van der Waals surface area contributed by atoms with Crippen LogP contribution in [-0.4, -0.2) is 35.0 Å². The number of aromatic nitrogens is 1. The van der Waals surface area contributed by atoms with Gasteiger partial charge in [0.25, 0.3) is 5.56 Å². The van der Waals surface area contributed by atoms with Crippen molar-refractivity contribution < 1.29 is 19.4 Å². The van der Waals surface area contributed by atoms with Gasteiger partial charge in [-0.25, -0.2) is 0 Å². The largest absolute Gasteiger partial charge is 0.454 e. The first-order chi connectivity index (χ1) is 15.1. The van der Waals surface area contributed by atoms with Gasteiger partial charge in [0.2, 0.25) is 12.7 Å². The van der Waals surface area contributed by atoms with Crippen molar-refractivity contribution in [3.63, 3.8) is 0 Å². The van der Waals surface area contributed by atoms with Gasteiger partial charge in [0.05, 0.1) is 12.0 Å². The summed E-state index contributed by atoms with van der Waals surface area (Å²) in [5.41, 5.74) is 2.25. The summed E-state index contributed by atoms with van der Waals surface area (Å²) in [6.45, 7) is 2.73. The fraction of sp³-hybridized carbons (Fsp3) is 0.391. The Hall–Kier alpha value is -3.10. The Morgan fingerprint density at radius 1 is 1.29 bits per heavy atom. The van der Waals surface area contributed by atoms with Crippen LogP contribution in [0.3, 0.4) is 0 Å². The number of benzene rings is 1. The number of nitrogens with zero attached hydrogens (tertiary/aromatic N) is 1. The zero-order chi connectivity index (χ0) is 21.5. The molecule has 1 aromatic carbocycles. The Bertz CT molecular complexity index is 1110. The molecule has 8 heteroatoms. The highest BCUT2D eigenvalue weighted by atomic mass is 16.7. The van der Waals surface area contributed by atoms with Crippen LogP contribution in [0.15, 0.2) is 41.2 Å². The third-order valence-corrected chi connectivity index (χ3v) is 6.43. The number of carbonyl (C=O) groups is 1. The van der Waals surface area contributed by atoms with E-state index in [0.717, 1.165) is 11.3 Å². The zero-order valence-electron chi connectivity index (χ0n) is 17.2. The molecule has 5 rings (SSSR count). The molecule has 3 aliphatic rings. The lowest BCUT2D eigenvalue weighted by atomic mass is 9.86. The number of fused-ring (bicyclic) bond motifs is 5. The second-order valence-corrected chi connectivity index (χ2v) is 8.16. The van der Waals surface area contributed by atoms with E-state index in [4.69, 9.17) is 9.47 Å². The SMILES string of the molecule is CC=Cc1ccc2n(c1=O)C[C@@H]1N[C@H]2[C@H](C(=O)NCc2ccc3c(c2)OCO3)[C@H]1CO. The molecular formula is C23H25N3O5. The van der Waals surface area contributed by atoms with Gasteiger partial charge in [0, 0.05) is 42.9 Å². The normalized spacial score (nSPS) is 25.6. The van der Waals surface area contributed by atoms with Crippen LogP contribution in [0.1, 0.15) is 29.8 Å². The Labute approximate surface area is 179 Å². The maximum Gasteiger partial charge on any atom is 0.258 e. The molecule has 0 unspecified atom stereocenters. The lowest BCUT2D eigenvalue weighted by Gasteiger charge is -2.28. The first-order valence-electron chi connectivity index (χ1n) is 10.5. The fourth-order valence-electron chi connectivity index (χ4n) is 4.93. The van der Waals surface area contributed by atoms with Gasteiger partial charge in [-0.2, -0.15) is 0 Å². The minimum Gasteiger partial charge on any atom is -0.454 e. The van der Waals surface area contributed by atoms with Gasteiger partial charge in [-0.05, 0) is 36.8 Å². The summed E-state index contributed by atoms with van der Waals surface area (Å²) in [4.78, 5) is 26.1. The summed E-state index contributed by atoms with van der Waals surface area (Å²) < 4.78 is 12.5. The molecule has 2 bridgehead atoms. The molecule has 0 spiro atoms. The number of rotatable bonds is 5. The van der Waals surface area contributed by atoms with Crippen molar-refractivity contribution >= 4 is 12.0 Å². The van der Waals surface area contributed by atoms with Crippen molar-refractivity contribution in [2.45, 2.75) is 32.1 Å². The van der Waals surface area contributed by atoms with E-state index >= 15 is 0 Å². The first kappa shape index (κ1) is 19.8. The summed E-state index contributed by atoms with van der Waals surface area (Å²) in [5, 5.41) is 16.5. The van der Waals surface area contributed by atoms with Crippen molar-refractivity contribution in [1.29, 1.82) is 0 Å². The fourth-order valence-corrected chi connectivity index (χ4v) is 4.93. The first-order valence-corrected chi connectivity index (χ1v) is 10.5. The van der Waals surface area contributed by atoms with Gasteiger partial charge in [0.15, 0.2) is 11.5 Å². The molecule has 31 heavy (non-hydrogen) atoms. The molecule has 1 fully saturated rings. The van der Waals surface area contributed by atoms with Crippen LogP contribution in [0.4, 0.5) is 0 Å². The molecule has 0 saturated carbocycles. The van der Waals surface area contributed by atoms with Crippen LogP contribution in [0.5, 0.6) is 11.5 Å². The molecule has 1 amide bonds. The van der Waals surface area contributed by atoms with E-state index in [1.54, 1.807) is 16.7 Å². The summed E-state index contributed by atoms with van der Waals surface area (Å²) in [7, 11) is 0. The number of aliphatic hydroxyl groups is 1. The molecule has 0 radical (unpaired) electrons. The number of pyridine rings is 1. The number of ether oxygens (including phenoxy) is 2. The number of allylic oxidation sites excluding steroid dienone is 1. The van der Waals surface area contributed by atoms with E-state index in [-0.39, 0.29) is 42.9 Å². The number of hydrogen-bond donors (Lipinski definition) is 3. The number of carbonyl (C=O) groups excluding carboxylic acids is 1. The van der Waals surface area contributed by atoms with Crippen LogP contribution in [0.25, 0.3) is 6.08 Å². The van der Waals surface area contributed by atoms with E-state index in [1.807, 2.05) is 37.3 Å². The molecule has 4 heterocycles. The highest BCUT2D eigenvalue weighted by Crippen LogP contribution is 2.41. The molecule has 1 aromatic heterocycles. The molecule has 8 nitrogen and oxygen atoms in total. The van der Waals surface area contributed by atoms with Crippen molar-refractivity contribution in [3.8, 4) is 11.5 Å². The molecule has 0 aliphatic carbocycles. The Morgan fingerprint density at radius 3 is 2.94 bits per heavy atom. The lowest BCUT2D eigenvalue weighted by molar-refractivity contribution is -0.127. The summed E-state index contributed by atoms with van der Waals surface area (Å²) >= 11 is 0. The quantitative estimate of drug-likeness (QED) is 0.668. The summed E-state index contributed by atoms with van der Waals surface area (Å²) in [6, 6.07) is 8.82. The predicted octanol–water partition coefficient (Wildman–Crippen LogP) is 1.18. The van der Waals surface area contributed by atoms with Crippen LogP contribution >= 0.6 is 0 Å². The summed E-state index contributed by atoms with van der Waals surface area (Å²) in [5.74, 6) is 0.484. The molecule has 3 N–H and O–H groups in total. The van der Waals surface area contributed by atoms with E-state index in [1.165, 1.54) is 0 Å². The molecule has 3 aliphatic heterocycles. The zero-order valence-corrected chi connectivity index (χ0v) is 17.2. The minimum absolute atomic E-state index is 0.0646. The number of aliphatic hydroxyl groups excluding tert-OH is 1. The molecule has 162 valence electrons. The molecular weight excluding hydrogens is 398 g/mol. The van der Waals surface area contributed by atoms with Crippen LogP contribution < -0.4 is 25.7 Å². The summed E-state index contributed by atoms with van der Waals surface area (Å²) in [6.07, 6.45) is 3.63. The standard InChI is InChI=1S/C23H25N3O5/c1-2-3-14-5-6-17-21-20(15(11-27)16(25-21)10-26(17)23(14)29)22(28)24-9-13-4-7-18-19(8-13)31-12-30-18/h2-8,15-16,20-21,25,27H,9-12H2,1H3,(H,24,28)/t15-,16-,20+,21+/m0/s1. The Balaban J connectivity index is 1.39. The maximum atomic E-state index is 13.2. The van der Waals surface area contributed by atoms with Crippen LogP contribution in [0, 0.1) is 11.8 Å². The number of nitrogens with one attached hydrogen (secondary N) is 2. The smallest absolute Gasteiger partial charge is 0.258 e. The Kier molecular flexibility index (Phi) is 5.03.